The normalized spacial score (nSPS) is 18.8. The molecule has 92 valence electrons. The van der Waals surface area contributed by atoms with Crippen molar-refractivity contribution < 1.29 is 0 Å². The lowest BCUT2D eigenvalue weighted by atomic mass is 10.1. The second-order valence-corrected chi connectivity index (χ2v) is 5.24. The Morgan fingerprint density at radius 3 is 2.50 bits per heavy atom. The summed E-state index contributed by atoms with van der Waals surface area (Å²) in [5.74, 6) is 0. The largest absolute Gasteiger partial charge is 0.299 e. The number of likely N-dealkylation sites (tertiary alicyclic amines) is 1. The highest BCUT2D eigenvalue weighted by Gasteiger charge is 2.09. The average Bonchev–Trinajstić information content (AvgIpc) is 2.25. The van der Waals surface area contributed by atoms with E-state index < -0.39 is 0 Å². The standard InChI is InChI=1S/C15H27N/c1-14(2)9-5-6-10-15(3)13-16-11-7-4-8-12-16/h10H,1,4-9,11-13H2,2-3H3. The van der Waals surface area contributed by atoms with Crippen LogP contribution >= 0.6 is 0 Å². The third-order valence-electron chi connectivity index (χ3n) is 3.22. The van der Waals surface area contributed by atoms with E-state index in [4.69, 9.17) is 0 Å². The molecule has 1 heteroatoms. The summed E-state index contributed by atoms with van der Waals surface area (Å²) < 4.78 is 0. The van der Waals surface area contributed by atoms with E-state index in [-0.39, 0.29) is 0 Å². The summed E-state index contributed by atoms with van der Waals surface area (Å²) >= 11 is 0. The topological polar surface area (TPSA) is 3.24 Å². The highest BCUT2D eigenvalue weighted by Crippen LogP contribution is 2.12. The predicted molar refractivity (Wildman–Crippen MR) is 72.7 cm³/mol. The van der Waals surface area contributed by atoms with E-state index in [1.54, 1.807) is 5.57 Å². The molecule has 0 radical (unpaired) electrons. The van der Waals surface area contributed by atoms with Gasteiger partial charge in [0.2, 0.25) is 0 Å². The zero-order valence-electron chi connectivity index (χ0n) is 11.1. The van der Waals surface area contributed by atoms with Crippen molar-refractivity contribution in [3.8, 4) is 0 Å². The predicted octanol–water partition coefficient (Wildman–Crippen LogP) is 4.17. The summed E-state index contributed by atoms with van der Waals surface area (Å²) in [6.45, 7) is 12.1. The smallest absolute Gasteiger partial charge is 0.0190 e. The molecule has 1 heterocycles. The average molecular weight is 221 g/mol. The highest BCUT2D eigenvalue weighted by atomic mass is 15.1. The molecule has 16 heavy (non-hydrogen) atoms. The van der Waals surface area contributed by atoms with Gasteiger partial charge in [-0.15, -0.1) is 6.58 Å². The van der Waals surface area contributed by atoms with Gasteiger partial charge in [-0.3, -0.25) is 4.90 Å². The SMILES string of the molecule is C=C(C)CCCC=C(C)CN1CCCCC1. The monoisotopic (exact) mass is 221 g/mol. The van der Waals surface area contributed by atoms with E-state index in [0.717, 1.165) is 0 Å². The Labute approximate surface area is 101 Å². The molecule has 0 aromatic rings. The quantitative estimate of drug-likeness (QED) is 0.481. The summed E-state index contributed by atoms with van der Waals surface area (Å²) in [6.07, 6.45) is 10.3. The van der Waals surface area contributed by atoms with Gasteiger partial charge in [-0.25, -0.2) is 0 Å². The molecule has 0 saturated carbocycles. The van der Waals surface area contributed by atoms with Crippen molar-refractivity contribution in [3.63, 3.8) is 0 Å². The fraction of sp³-hybridized carbons (Fsp3) is 0.733. The first-order valence-electron chi connectivity index (χ1n) is 6.71. The van der Waals surface area contributed by atoms with Gasteiger partial charge in [0.15, 0.2) is 0 Å². The number of hydrogen-bond donors (Lipinski definition) is 0. The van der Waals surface area contributed by atoms with Gasteiger partial charge in [0.05, 0.1) is 0 Å². The van der Waals surface area contributed by atoms with Gasteiger partial charge in [0.1, 0.15) is 0 Å². The molecule has 1 fully saturated rings. The van der Waals surface area contributed by atoms with Crippen molar-refractivity contribution in [2.75, 3.05) is 19.6 Å². The second kappa shape index (κ2) is 7.67. The summed E-state index contributed by atoms with van der Waals surface area (Å²) in [6, 6.07) is 0. The van der Waals surface area contributed by atoms with Crippen LogP contribution in [0, 0.1) is 0 Å². The van der Waals surface area contributed by atoms with Crippen molar-refractivity contribution >= 4 is 0 Å². The molecule has 0 aromatic heterocycles. The van der Waals surface area contributed by atoms with Crippen molar-refractivity contribution in [1.82, 2.24) is 4.90 Å². The first-order chi connectivity index (χ1) is 7.68. The third kappa shape index (κ3) is 6.12. The van der Waals surface area contributed by atoms with Crippen LogP contribution in [0.5, 0.6) is 0 Å². The first-order valence-corrected chi connectivity index (χ1v) is 6.71. The molecule has 1 rings (SSSR count). The van der Waals surface area contributed by atoms with E-state index in [2.05, 4.69) is 31.4 Å². The van der Waals surface area contributed by atoms with E-state index >= 15 is 0 Å². The van der Waals surface area contributed by atoms with Crippen LogP contribution in [0.25, 0.3) is 0 Å². The zero-order valence-corrected chi connectivity index (χ0v) is 11.1. The van der Waals surface area contributed by atoms with Crippen molar-refractivity contribution in [2.24, 2.45) is 0 Å². The van der Waals surface area contributed by atoms with Crippen LogP contribution in [0.15, 0.2) is 23.8 Å². The molecule has 1 aliphatic rings. The maximum atomic E-state index is 3.94. The van der Waals surface area contributed by atoms with Gasteiger partial charge in [-0.2, -0.15) is 0 Å². The van der Waals surface area contributed by atoms with Crippen molar-refractivity contribution in [1.29, 1.82) is 0 Å². The lowest BCUT2D eigenvalue weighted by Crippen LogP contribution is -2.31. The van der Waals surface area contributed by atoms with E-state index in [9.17, 15) is 0 Å². The van der Waals surface area contributed by atoms with E-state index in [0.29, 0.717) is 0 Å². The Morgan fingerprint density at radius 2 is 1.88 bits per heavy atom. The van der Waals surface area contributed by atoms with Crippen LogP contribution < -0.4 is 0 Å². The lowest BCUT2D eigenvalue weighted by Gasteiger charge is -2.26. The van der Waals surface area contributed by atoms with Gasteiger partial charge in [-0.1, -0.05) is 23.6 Å². The molecule has 0 bridgehead atoms. The molecule has 0 unspecified atom stereocenters. The van der Waals surface area contributed by atoms with Crippen LogP contribution in [0.3, 0.4) is 0 Å². The Balaban J connectivity index is 2.14. The van der Waals surface area contributed by atoms with Crippen LogP contribution in [0.1, 0.15) is 52.4 Å². The van der Waals surface area contributed by atoms with Gasteiger partial charge in [0.25, 0.3) is 0 Å². The molecular formula is C15H27N. The summed E-state index contributed by atoms with van der Waals surface area (Å²) in [5, 5.41) is 0. The maximum absolute atomic E-state index is 3.94. The van der Waals surface area contributed by atoms with Gasteiger partial charge in [-0.05, 0) is 59.0 Å². The Kier molecular flexibility index (Phi) is 6.47. The number of rotatable bonds is 6. The number of allylic oxidation sites excluding steroid dienone is 2. The summed E-state index contributed by atoms with van der Waals surface area (Å²) in [5.41, 5.74) is 2.85. The molecular weight excluding hydrogens is 194 g/mol. The number of hydrogen-bond acceptors (Lipinski definition) is 1. The fourth-order valence-corrected chi connectivity index (χ4v) is 2.29. The fourth-order valence-electron chi connectivity index (χ4n) is 2.29. The molecule has 0 atom stereocenters. The number of nitrogens with zero attached hydrogens (tertiary/aromatic N) is 1. The van der Waals surface area contributed by atoms with Crippen molar-refractivity contribution in [2.45, 2.75) is 52.4 Å². The minimum Gasteiger partial charge on any atom is -0.299 e. The van der Waals surface area contributed by atoms with Crippen LogP contribution in [-0.4, -0.2) is 24.5 Å². The Bertz CT molecular complexity index is 234. The van der Waals surface area contributed by atoms with Crippen LogP contribution in [-0.2, 0) is 0 Å². The molecule has 1 saturated heterocycles. The van der Waals surface area contributed by atoms with Crippen LogP contribution in [0.2, 0.25) is 0 Å². The molecule has 0 N–H and O–H groups in total. The molecule has 0 spiro atoms. The zero-order chi connectivity index (χ0) is 11.8. The number of unbranched alkanes of at least 4 members (excludes halogenated alkanes) is 1. The number of piperidine rings is 1. The molecule has 1 aliphatic heterocycles. The highest BCUT2D eigenvalue weighted by molar-refractivity contribution is 5.01. The molecule has 0 aliphatic carbocycles. The second-order valence-electron chi connectivity index (χ2n) is 5.24. The Morgan fingerprint density at radius 1 is 1.19 bits per heavy atom. The van der Waals surface area contributed by atoms with Crippen molar-refractivity contribution in [3.05, 3.63) is 23.8 Å². The molecule has 0 amide bonds. The third-order valence-corrected chi connectivity index (χ3v) is 3.22. The van der Waals surface area contributed by atoms with E-state index in [1.807, 2.05) is 0 Å². The van der Waals surface area contributed by atoms with Crippen LogP contribution in [0.4, 0.5) is 0 Å². The van der Waals surface area contributed by atoms with E-state index in [1.165, 1.54) is 63.7 Å². The lowest BCUT2D eigenvalue weighted by molar-refractivity contribution is 0.246. The van der Waals surface area contributed by atoms with Gasteiger partial charge in [0, 0.05) is 6.54 Å². The minimum absolute atomic E-state index is 1.17. The maximum Gasteiger partial charge on any atom is 0.0190 e. The summed E-state index contributed by atoms with van der Waals surface area (Å²) in [4.78, 5) is 2.59. The minimum atomic E-state index is 1.17. The molecule has 0 aromatic carbocycles. The first kappa shape index (κ1) is 13.5. The van der Waals surface area contributed by atoms with Gasteiger partial charge >= 0.3 is 0 Å². The van der Waals surface area contributed by atoms with Gasteiger partial charge < -0.3 is 0 Å². The Hall–Kier alpha value is -0.560. The summed E-state index contributed by atoms with van der Waals surface area (Å²) in [7, 11) is 0. The molecule has 1 nitrogen and oxygen atoms in total.